The number of nitrogens with one attached hydrogen (secondary N) is 1. The maximum atomic E-state index is 12.5. The number of carbonyl (C=O) groups excluding carboxylic acids is 1. The average molecular weight is 536 g/mol. The fraction of sp³-hybridized carbons (Fsp3) is 0.318. The predicted octanol–water partition coefficient (Wildman–Crippen LogP) is 5.16. The highest BCUT2D eigenvalue weighted by Crippen LogP contribution is 2.27. The summed E-state index contributed by atoms with van der Waals surface area (Å²) in [6.07, 6.45) is 0. The third-order valence-corrected chi connectivity index (χ3v) is 6.22. The number of amides is 1. The van der Waals surface area contributed by atoms with Gasteiger partial charge < -0.3 is 14.6 Å². The molecule has 3 aromatic rings. The van der Waals surface area contributed by atoms with Crippen molar-refractivity contribution in [2.45, 2.75) is 38.5 Å². The van der Waals surface area contributed by atoms with Crippen molar-refractivity contribution in [3.05, 3.63) is 63.0 Å². The van der Waals surface area contributed by atoms with Gasteiger partial charge in [-0.25, -0.2) is 0 Å². The van der Waals surface area contributed by atoms with Crippen molar-refractivity contribution < 1.29 is 9.53 Å². The van der Waals surface area contributed by atoms with Crippen LogP contribution in [0.4, 0.5) is 5.69 Å². The molecule has 3 rings (SSSR count). The molecule has 0 saturated carbocycles. The first-order valence-electron chi connectivity index (χ1n) is 9.63. The molecule has 0 spiro atoms. The van der Waals surface area contributed by atoms with E-state index in [2.05, 4.69) is 58.0 Å². The van der Waals surface area contributed by atoms with Crippen LogP contribution in [0.1, 0.15) is 36.7 Å². The standard InChI is InChI=1S/C22H25IN4O2S/c1-14(2)18-11-16(23)8-9-19(18)24-21(28)13-30-22-26-25-20(27(22)4)12-29-17-7-5-6-15(3)10-17/h5-11,14H,12-13H2,1-4H3,(H,24,28). The zero-order valence-electron chi connectivity index (χ0n) is 17.5. The highest BCUT2D eigenvalue weighted by molar-refractivity contribution is 14.1. The number of aryl methyl sites for hydroxylation is 1. The quantitative estimate of drug-likeness (QED) is 0.318. The topological polar surface area (TPSA) is 69.0 Å². The molecule has 2 aromatic carbocycles. The minimum atomic E-state index is -0.0660. The number of hydrogen-bond acceptors (Lipinski definition) is 5. The van der Waals surface area contributed by atoms with Crippen LogP contribution in [0, 0.1) is 10.5 Å². The molecule has 0 aliphatic heterocycles. The zero-order valence-corrected chi connectivity index (χ0v) is 20.5. The number of aromatic nitrogens is 3. The summed E-state index contributed by atoms with van der Waals surface area (Å²) in [4.78, 5) is 12.5. The SMILES string of the molecule is Cc1cccc(OCc2nnc(SCC(=O)Nc3ccc(I)cc3C(C)C)n2C)c1. The van der Waals surface area contributed by atoms with Crippen LogP contribution >= 0.6 is 34.4 Å². The van der Waals surface area contributed by atoms with E-state index in [1.807, 2.05) is 54.9 Å². The number of anilines is 1. The Morgan fingerprint density at radius 1 is 1.23 bits per heavy atom. The van der Waals surface area contributed by atoms with E-state index >= 15 is 0 Å². The lowest BCUT2D eigenvalue weighted by Gasteiger charge is -2.14. The van der Waals surface area contributed by atoms with Crippen LogP contribution in [-0.2, 0) is 18.4 Å². The van der Waals surface area contributed by atoms with Crippen LogP contribution in [-0.4, -0.2) is 26.4 Å². The maximum Gasteiger partial charge on any atom is 0.234 e. The zero-order chi connectivity index (χ0) is 21.7. The molecule has 0 saturated heterocycles. The summed E-state index contributed by atoms with van der Waals surface area (Å²) in [5.74, 6) is 2.03. The molecule has 8 heteroatoms. The minimum absolute atomic E-state index is 0.0660. The Morgan fingerprint density at radius 3 is 2.77 bits per heavy atom. The number of nitrogens with zero attached hydrogens (tertiary/aromatic N) is 3. The Hall–Kier alpha value is -2.07. The Morgan fingerprint density at radius 2 is 2.03 bits per heavy atom. The van der Waals surface area contributed by atoms with Crippen LogP contribution in [0.3, 0.4) is 0 Å². The monoisotopic (exact) mass is 536 g/mol. The normalized spacial score (nSPS) is 11.0. The molecule has 1 N–H and O–H groups in total. The Bertz CT molecular complexity index is 1040. The van der Waals surface area contributed by atoms with Crippen LogP contribution in [0.25, 0.3) is 0 Å². The molecule has 158 valence electrons. The van der Waals surface area contributed by atoms with Gasteiger partial charge >= 0.3 is 0 Å². The largest absolute Gasteiger partial charge is 0.486 e. The first kappa shape index (κ1) is 22.6. The molecule has 6 nitrogen and oxygen atoms in total. The third-order valence-electron chi connectivity index (χ3n) is 4.52. The van der Waals surface area contributed by atoms with E-state index in [1.54, 1.807) is 0 Å². The number of halogens is 1. The van der Waals surface area contributed by atoms with Gasteiger partial charge in [-0.05, 0) is 76.9 Å². The summed E-state index contributed by atoms with van der Waals surface area (Å²) in [7, 11) is 1.88. The number of thioether (sulfide) groups is 1. The summed E-state index contributed by atoms with van der Waals surface area (Å²) >= 11 is 3.64. The van der Waals surface area contributed by atoms with Crippen molar-refractivity contribution in [1.82, 2.24) is 14.8 Å². The van der Waals surface area contributed by atoms with E-state index in [0.717, 1.165) is 26.1 Å². The second-order valence-electron chi connectivity index (χ2n) is 7.29. The second-order valence-corrected chi connectivity index (χ2v) is 9.47. The molecule has 0 fully saturated rings. The van der Waals surface area contributed by atoms with Crippen molar-refractivity contribution in [2.75, 3.05) is 11.1 Å². The highest BCUT2D eigenvalue weighted by atomic mass is 127. The molecule has 0 radical (unpaired) electrons. The van der Waals surface area contributed by atoms with Gasteiger partial charge in [-0.15, -0.1) is 10.2 Å². The van der Waals surface area contributed by atoms with Crippen LogP contribution in [0.2, 0.25) is 0 Å². The van der Waals surface area contributed by atoms with E-state index in [1.165, 1.54) is 11.8 Å². The van der Waals surface area contributed by atoms with Gasteiger partial charge in [0.05, 0.1) is 5.75 Å². The predicted molar refractivity (Wildman–Crippen MR) is 129 cm³/mol. The van der Waals surface area contributed by atoms with E-state index in [4.69, 9.17) is 4.74 Å². The molecule has 0 aliphatic rings. The van der Waals surface area contributed by atoms with Gasteiger partial charge in [-0.3, -0.25) is 4.79 Å². The van der Waals surface area contributed by atoms with Gasteiger partial charge in [0.25, 0.3) is 0 Å². The smallest absolute Gasteiger partial charge is 0.234 e. The summed E-state index contributed by atoms with van der Waals surface area (Å²) < 4.78 is 8.82. The fourth-order valence-electron chi connectivity index (χ4n) is 2.89. The minimum Gasteiger partial charge on any atom is -0.486 e. The fourth-order valence-corrected chi connectivity index (χ4v) is 4.14. The molecular weight excluding hydrogens is 511 g/mol. The molecule has 0 aliphatic carbocycles. The van der Waals surface area contributed by atoms with Gasteiger partial charge in [0.1, 0.15) is 12.4 Å². The summed E-state index contributed by atoms with van der Waals surface area (Å²) in [6.45, 7) is 6.58. The summed E-state index contributed by atoms with van der Waals surface area (Å²) in [5, 5.41) is 12.1. The van der Waals surface area contributed by atoms with Crippen LogP contribution in [0.5, 0.6) is 5.75 Å². The van der Waals surface area contributed by atoms with Gasteiger partial charge in [0.2, 0.25) is 5.91 Å². The maximum absolute atomic E-state index is 12.5. The number of hydrogen-bond donors (Lipinski definition) is 1. The lowest BCUT2D eigenvalue weighted by Crippen LogP contribution is -2.16. The summed E-state index contributed by atoms with van der Waals surface area (Å²) in [5.41, 5.74) is 3.14. The Labute approximate surface area is 195 Å². The molecule has 0 atom stereocenters. The van der Waals surface area contributed by atoms with Crippen molar-refractivity contribution >= 4 is 45.9 Å². The number of carbonyl (C=O) groups is 1. The Kier molecular flexibility index (Phi) is 7.76. The van der Waals surface area contributed by atoms with E-state index in [-0.39, 0.29) is 11.7 Å². The lowest BCUT2D eigenvalue weighted by atomic mass is 10.0. The van der Waals surface area contributed by atoms with Crippen molar-refractivity contribution in [2.24, 2.45) is 7.05 Å². The second kappa shape index (κ2) is 10.3. The number of rotatable bonds is 8. The van der Waals surface area contributed by atoms with Gasteiger partial charge in [-0.1, -0.05) is 37.7 Å². The van der Waals surface area contributed by atoms with E-state index < -0.39 is 0 Å². The lowest BCUT2D eigenvalue weighted by molar-refractivity contribution is -0.113. The van der Waals surface area contributed by atoms with Crippen molar-refractivity contribution in [3.8, 4) is 5.75 Å². The van der Waals surface area contributed by atoms with Gasteiger partial charge in [0.15, 0.2) is 11.0 Å². The number of benzene rings is 2. The van der Waals surface area contributed by atoms with E-state index in [9.17, 15) is 4.79 Å². The average Bonchev–Trinajstić information content (AvgIpc) is 3.05. The first-order chi connectivity index (χ1) is 14.3. The first-order valence-corrected chi connectivity index (χ1v) is 11.7. The highest BCUT2D eigenvalue weighted by Gasteiger charge is 2.14. The van der Waals surface area contributed by atoms with Crippen LogP contribution in [0.15, 0.2) is 47.6 Å². The number of ether oxygens (including phenoxy) is 1. The van der Waals surface area contributed by atoms with E-state index in [0.29, 0.717) is 23.5 Å². The molecule has 1 heterocycles. The van der Waals surface area contributed by atoms with Crippen LogP contribution < -0.4 is 10.1 Å². The molecule has 0 bridgehead atoms. The van der Waals surface area contributed by atoms with Crippen molar-refractivity contribution in [3.63, 3.8) is 0 Å². The molecule has 1 amide bonds. The molecule has 1 aromatic heterocycles. The van der Waals surface area contributed by atoms with Crippen molar-refractivity contribution in [1.29, 1.82) is 0 Å². The Balaban J connectivity index is 1.57. The molecule has 30 heavy (non-hydrogen) atoms. The summed E-state index contributed by atoms with van der Waals surface area (Å²) in [6, 6.07) is 13.9. The molecular formula is C22H25IN4O2S. The van der Waals surface area contributed by atoms with Gasteiger partial charge in [-0.2, -0.15) is 0 Å². The molecule has 0 unspecified atom stereocenters. The third kappa shape index (κ3) is 5.98. The van der Waals surface area contributed by atoms with Gasteiger partial charge in [0, 0.05) is 16.3 Å².